The van der Waals surface area contributed by atoms with E-state index in [4.69, 9.17) is 9.84 Å². The predicted octanol–water partition coefficient (Wildman–Crippen LogP) is -1.71. The molecule has 5 nitrogen and oxygen atoms in total. The molecule has 0 amide bonds. The number of aliphatic hydroxyl groups is 3. The summed E-state index contributed by atoms with van der Waals surface area (Å²) >= 11 is 0.0930. The van der Waals surface area contributed by atoms with Gasteiger partial charge in [0.15, 0.2) is 0 Å². The van der Waals surface area contributed by atoms with Gasteiger partial charge in [0.25, 0.3) is 0 Å². The Morgan fingerprint density at radius 3 is 2.71 bits per heavy atom. The average Bonchev–Trinajstić information content (AvgIpc) is 2.78. The Labute approximate surface area is 86.7 Å². The van der Waals surface area contributed by atoms with Gasteiger partial charge in [-0.3, -0.25) is 0 Å². The number of aliphatic hydroxyl groups excluding tert-OH is 3. The maximum absolute atomic E-state index is 9.63. The summed E-state index contributed by atoms with van der Waals surface area (Å²) in [6.07, 6.45) is -1.59. The zero-order valence-electron chi connectivity index (χ0n) is 7.28. The molecule has 0 bridgehead atoms. The van der Waals surface area contributed by atoms with Gasteiger partial charge in [-0.15, -0.1) is 0 Å². The van der Waals surface area contributed by atoms with Gasteiger partial charge in [-0.1, -0.05) is 0 Å². The topological polar surface area (TPSA) is 82.8 Å². The summed E-state index contributed by atoms with van der Waals surface area (Å²) in [6.45, 7) is -0.289. The molecule has 2 heterocycles. The van der Waals surface area contributed by atoms with Crippen LogP contribution in [0.2, 0.25) is 0 Å². The molecule has 0 aliphatic carbocycles. The minimum absolute atomic E-state index is 0.0930. The monoisotopic (exact) mass is 265 g/mol. The van der Waals surface area contributed by atoms with Crippen LogP contribution in [0.4, 0.5) is 0 Å². The van der Waals surface area contributed by atoms with Crippen molar-refractivity contribution in [2.45, 2.75) is 24.4 Å². The molecule has 1 aromatic heterocycles. The van der Waals surface area contributed by atoms with Crippen LogP contribution in [0.25, 0.3) is 0 Å². The summed E-state index contributed by atoms with van der Waals surface area (Å²) in [5.41, 5.74) is 0. The number of nitrogens with zero attached hydrogens (tertiary/aromatic N) is 1. The quantitative estimate of drug-likeness (QED) is 0.554. The molecule has 4 atom stereocenters. The zero-order valence-corrected chi connectivity index (χ0v) is 8.99. The molecular formula is C8H11NO4Se. The van der Waals surface area contributed by atoms with Gasteiger partial charge in [-0.25, -0.2) is 0 Å². The molecule has 3 N–H and O–H groups in total. The van der Waals surface area contributed by atoms with Gasteiger partial charge in [-0.05, 0) is 0 Å². The number of ether oxygens (including phenoxy) is 1. The fourth-order valence-electron chi connectivity index (χ4n) is 1.48. The van der Waals surface area contributed by atoms with Crippen molar-refractivity contribution in [1.29, 1.82) is 0 Å². The normalized spacial score (nSPS) is 37.6. The van der Waals surface area contributed by atoms with Crippen LogP contribution in [0.5, 0.6) is 0 Å². The molecule has 0 saturated carbocycles. The van der Waals surface area contributed by atoms with Gasteiger partial charge in [0.2, 0.25) is 0 Å². The standard InChI is InChI=1S/C8H11NO4Se/c10-3-4-5(11)6(12)7(13-4)8-9-1-2-14-8/h1-2,4-7,10-12H,3H2/t4-,5-,6-,7-/m1/s1. The van der Waals surface area contributed by atoms with Crippen molar-refractivity contribution in [1.82, 2.24) is 4.98 Å². The summed E-state index contributed by atoms with van der Waals surface area (Å²) in [5, 5.41) is 28.0. The number of hydrogen-bond acceptors (Lipinski definition) is 5. The zero-order chi connectivity index (χ0) is 10.1. The molecule has 1 fully saturated rings. The first kappa shape index (κ1) is 10.3. The first-order valence-corrected chi connectivity index (χ1v) is 6.10. The van der Waals surface area contributed by atoms with E-state index in [1.807, 2.05) is 4.94 Å². The van der Waals surface area contributed by atoms with Gasteiger partial charge in [-0.2, -0.15) is 0 Å². The molecule has 1 aromatic rings. The van der Waals surface area contributed by atoms with E-state index in [2.05, 4.69) is 4.98 Å². The van der Waals surface area contributed by atoms with Crippen LogP contribution < -0.4 is 0 Å². The van der Waals surface area contributed by atoms with Crippen LogP contribution in [0, 0.1) is 0 Å². The molecule has 0 spiro atoms. The molecule has 1 aliphatic heterocycles. The number of rotatable bonds is 2. The van der Waals surface area contributed by atoms with Crippen LogP contribution in [0.15, 0.2) is 11.1 Å². The molecule has 78 valence electrons. The summed E-state index contributed by atoms with van der Waals surface area (Å²) in [4.78, 5) is 5.97. The van der Waals surface area contributed by atoms with Crippen LogP contribution >= 0.6 is 0 Å². The first-order chi connectivity index (χ1) is 6.74. The molecule has 2 rings (SSSR count). The predicted molar refractivity (Wildman–Crippen MR) is 47.9 cm³/mol. The van der Waals surface area contributed by atoms with Crippen molar-refractivity contribution in [2.75, 3.05) is 6.61 Å². The van der Waals surface area contributed by atoms with E-state index in [9.17, 15) is 10.2 Å². The second-order valence-corrected chi connectivity index (χ2v) is 5.07. The average molecular weight is 264 g/mol. The number of aromatic nitrogens is 1. The Hall–Kier alpha value is -0.231. The second kappa shape index (κ2) is 4.10. The van der Waals surface area contributed by atoms with Crippen LogP contribution in [0.3, 0.4) is 0 Å². The van der Waals surface area contributed by atoms with E-state index in [1.54, 1.807) is 6.20 Å². The van der Waals surface area contributed by atoms with Crippen molar-refractivity contribution in [3.8, 4) is 0 Å². The van der Waals surface area contributed by atoms with Gasteiger partial charge >= 0.3 is 86.3 Å². The Morgan fingerprint density at radius 2 is 2.21 bits per heavy atom. The molecule has 6 heteroatoms. The summed E-state index contributed by atoms with van der Waals surface area (Å²) < 4.78 is 6.08. The fraction of sp³-hybridized carbons (Fsp3) is 0.625. The third-order valence-corrected chi connectivity index (χ3v) is 3.99. The van der Waals surface area contributed by atoms with E-state index in [-0.39, 0.29) is 21.1 Å². The van der Waals surface area contributed by atoms with Gasteiger partial charge < -0.3 is 0 Å². The van der Waals surface area contributed by atoms with E-state index < -0.39 is 24.4 Å². The van der Waals surface area contributed by atoms with E-state index in [1.165, 1.54) is 0 Å². The second-order valence-electron chi connectivity index (χ2n) is 3.13. The molecule has 0 unspecified atom stereocenters. The van der Waals surface area contributed by atoms with Crippen LogP contribution in [0.1, 0.15) is 10.7 Å². The van der Waals surface area contributed by atoms with Crippen molar-refractivity contribution in [3.05, 3.63) is 15.7 Å². The summed E-state index contributed by atoms with van der Waals surface area (Å²) in [7, 11) is 0. The van der Waals surface area contributed by atoms with Gasteiger partial charge in [0.1, 0.15) is 0 Å². The Morgan fingerprint density at radius 1 is 1.43 bits per heavy atom. The molecule has 1 aliphatic rings. The maximum atomic E-state index is 9.63. The number of hydrogen-bond donors (Lipinski definition) is 3. The van der Waals surface area contributed by atoms with Crippen LogP contribution in [-0.2, 0) is 4.74 Å². The molecule has 0 aromatic carbocycles. The van der Waals surface area contributed by atoms with Crippen LogP contribution in [-0.4, -0.2) is 59.7 Å². The van der Waals surface area contributed by atoms with E-state index >= 15 is 0 Å². The minimum atomic E-state index is -1.02. The summed E-state index contributed by atoms with van der Waals surface area (Å²) in [6, 6.07) is 0. The SMILES string of the molecule is OC[C@H]1O[C@@H](c2ncc[se]2)[C@H](O)[C@@H]1O. The van der Waals surface area contributed by atoms with E-state index in [0.717, 1.165) is 4.57 Å². The third kappa shape index (κ3) is 1.65. The van der Waals surface area contributed by atoms with Gasteiger partial charge in [0, 0.05) is 0 Å². The Bertz CT molecular complexity index is 292. The Balaban J connectivity index is 2.16. The van der Waals surface area contributed by atoms with Gasteiger partial charge in [0.05, 0.1) is 0 Å². The Kier molecular flexibility index (Phi) is 3.01. The molecule has 1 saturated heterocycles. The summed E-state index contributed by atoms with van der Waals surface area (Å²) in [5.74, 6) is 0. The first-order valence-electron chi connectivity index (χ1n) is 4.26. The van der Waals surface area contributed by atoms with Crippen molar-refractivity contribution < 1.29 is 20.1 Å². The molecule has 0 radical (unpaired) electrons. The van der Waals surface area contributed by atoms with Crippen molar-refractivity contribution in [2.24, 2.45) is 0 Å². The van der Waals surface area contributed by atoms with Crippen molar-refractivity contribution in [3.63, 3.8) is 0 Å². The fourth-order valence-corrected chi connectivity index (χ4v) is 2.97. The van der Waals surface area contributed by atoms with Crippen molar-refractivity contribution >= 4 is 14.5 Å². The molecular weight excluding hydrogens is 253 g/mol. The third-order valence-electron chi connectivity index (χ3n) is 2.24. The molecule has 14 heavy (non-hydrogen) atoms. The van der Waals surface area contributed by atoms with E-state index in [0.29, 0.717) is 0 Å².